The Bertz CT molecular complexity index is 1810. The zero-order chi connectivity index (χ0) is 28.9. The van der Waals surface area contributed by atoms with Gasteiger partial charge >= 0.3 is 0 Å². The van der Waals surface area contributed by atoms with Crippen molar-refractivity contribution in [2.75, 3.05) is 17.7 Å². The first-order valence-corrected chi connectivity index (χ1v) is 13.7. The number of benzene rings is 3. The van der Waals surface area contributed by atoms with Crippen molar-refractivity contribution in [2.45, 2.75) is 19.9 Å². The third kappa shape index (κ3) is 6.11. The van der Waals surface area contributed by atoms with E-state index in [0.717, 1.165) is 28.4 Å². The molecule has 6 rings (SSSR count). The van der Waals surface area contributed by atoms with Gasteiger partial charge in [-0.1, -0.05) is 54.1 Å². The second-order valence-corrected chi connectivity index (χ2v) is 10.0. The number of ether oxygens (including phenoxy) is 2. The van der Waals surface area contributed by atoms with Crippen molar-refractivity contribution < 1.29 is 9.47 Å². The van der Waals surface area contributed by atoms with Crippen LogP contribution in [-0.2, 0) is 13.0 Å². The fourth-order valence-electron chi connectivity index (χ4n) is 4.56. The van der Waals surface area contributed by atoms with Gasteiger partial charge in [-0.3, -0.25) is 4.98 Å². The normalized spacial score (nSPS) is 10.9. The van der Waals surface area contributed by atoms with Gasteiger partial charge in [-0.2, -0.15) is 9.50 Å². The maximum Gasteiger partial charge on any atom is 0.256 e. The second kappa shape index (κ2) is 12.2. The number of hydrogen-bond donors (Lipinski definition) is 2. The number of halogens is 1. The number of nitrogens with zero attached hydrogens (tertiary/aromatic N) is 5. The highest BCUT2D eigenvalue weighted by Crippen LogP contribution is 2.34. The van der Waals surface area contributed by atoms with Gasteiger partial charge in [0.15, 0.2) is 5.75 Å². The monoisotopic (exact) mass is 577 g/mol. The molecule has 0 bridgehead atoms. The van der Waals surface area contributed by atoms with Gasteiger partial charge in [0.1, 0.15) is 17.3 Å². The summed E-state index contributed by atoms with van der Waals surface area (Å²) in [5.74, 6) is 3.59. The SMILES string of the molecule is COc1ccc(CNc2c(Cc3ccccc3)c(C)nc3nc(Nc4cc(Cl)ccc4Oc4cccnc4)nn23)cc1. The average molecular weight is 578 g/mol. The molecule has 0 spiro atoms. The molecule has 0 aliphatic carbocycles. The highest BCUT2D eigenvalue weighted by molar-refractivity contribution is 6.31. The van der Waals surface area contributed by atoms with Crippen molar-refractivity contribution in [3.63, 3.8) is 0 Å². The molecule has 0 saturated carbocycles. The molecule has 0 aliphatic rings. The smallest absolute Gasteiger partial charge is 0.256 e. The molecular weight excluding hydrogens is 550 g/mol. The van der Waals surface area contributed by atoms with Crippen molar-refractivity contribution in [2.24, 2.45) is 0 Å². The molecule has 9 nitrogen and oxygen atoms in total. The summed E-state index contributed by atoms with van der Waals surface area (Å²) in [7, 11) is 1.66. The van der Waals surface area contributed by atoms with Crippen LogP contribution >= 0.6 is 11.6 Å². The number of anilines is 3. The molecule has 0 amide bonds. The number of methoxy groups -OCH3 is 1. The average Bonchev–Trinajstić information content (AvgIpc) is 3.41. The molecule has 0 radical (unpaired) electrons. The lowest BCUT2D eigenvalue weighted by Gasteiger charge is -2.16. The lowest BCUT2D eigenvalue weighted by atomic mass is 10.0. The van der Waals surface area contributed by atoms with Crippen molar-refractivity contribution in [1.82, 2.24) is 24.6 Å². The van der Waals surface area contributed by atoms with Crippen LogP contribution in [0.3, 0.4) is 0 Å². The summed E-state index contributed by atoms with van der Waals surface area (Å²) in [6, 6.07) is 27.2. The summed E-state index contributed by atoms with van der Waals surface area (Å²) in [5.41, 5.74) is 4.77. The third-order valence-corrected chi connectivity index (χ3v) is 6.92. The Morgan fingerprint density at radius 3 is 2.48 bits per heavy atom. The molecule has 0 saturated heterocycles. The minimum Gasteiger partial charge on any atom is -0.497 e. The van der Waals surface area contributed by atoms with E-state index >= 15 is 0 Å². The molecule has 2 N–H and O–H groups in total. The highest BCUT2D eigenvalue weighted by Gasteiger charge is 2.18. The maximum atomic E-state index is 6.34. The number of nitrogens with one attached hydrogen (secondary N) is 2. The van der Waals surface area contributed by atoms with Gasteiger partial charge in [-0.25, -0.2) is 4.98 Å². The molecule has 10 heteroatoms. The van der Waals surface area contributed by atoms with E-state index in [1.54, 1.807) is 42.2 Å². The third-order valence-electron chi connectivity index (χ3n) is 6.69. The van der Waals surface area contributed by atoms with Gasteiger partial charge < -0.3 is 20.1 Å². The Kier molecular flexibility index (Phi) is 7.83. The van der Waals surface area contributed by atoms with E-state index in [4.69, 9.17) is 36.1 Å². The number of fused-ring (bicyclic) bond motifs is 1. The molecule has 3 aromatic carbocycles. The summed E-state index contributed by atoms with van der Waals surface area (Å²) in [6.07, 6.45) is 4.01. The van der Waals surface area contributed by atoms with E-state index in [9.17, 15) is 0 Å². The zero-order valence-corrected chi connectivity index (χ0v) is 23.8. The Hall–Kier alpha value is -5.15. The molecule has 3 aromatic heterocycles. The molecular formula is C32H28ClN7O2. The lowest BCUT2D eigenvalue weighted by molar-refractivity contribution is 0.414. The Balaban J connectivity index is 1.37. The van der Waals surface area contributed by atoms with Crippen LogP contribution in [0.15, 0.2) is 97.3 Å². The first kappa shape index (κ1) is 27.0. The molecule has 0 aliphatic heterocycles. The fourth-order valence-corrected chi connectivity index (χ4v) is 4.73. The van der Waals surface area contributed by atoms with E-state index in [2.05, 4.69) is 27.8 Å². The van der Waals surface area contributed by atoms with Gasteiger partial charge in [0, 0.05) is 35.4 Å². The number of hydrogen-bond acceptors (Lipinski definition) is 8. The summed E-state index contributed by atoms with van der Waals surface area (Å²) in [6.45, 7) is 2.57. The van der Waals surface area contributed by atoms with Crippen LogP contribution in [0.25, 0.3) is 5.78 Å². The predicted octanol–water partition coefficient (Wildman–Crippen LogP) is 7.23. The standard InChI is InChI=1S/C32H28ClN7O2/c1-21-27(17-22-7-4-3-5-8-22)30(35-19-23-10-13-25(41-2)14-11-23)40-32(36-21)38-31(39-40)37-28-18-24(33)12-15-29(28)42-26-9-6-16-34-20-26/h3-16,18,20,35H,17,19H2,1-2H3,(H,37,39). The fraction of sp³-hybridized carbons (Fsp3) is 0.125. The predicted molar refractivity (Wildman–Crippen MR) is 164 cm³/mol. The van der Waals surface area contributed by atoms with E-state index in [1.165, 1.54) is 5.56 Å². The van der Waals surface area contributed by atoms with E-state index in [-0.39, 0.29) is 0 Å². The molecule has 210 valence electrons. The Morgan fingerprint density at radius 2 is 1.71 bits per heavy atom. The maximum absolute atomic E-state index is 6.34. The quantitative estimate of drug-likeness (QED) is 0.176. The van der Waals surface area contributed by atoms with Crippen LogP contribution in [-0.4, -0.2) is 31.7 Å². The van der Waals surface area contributed by atoms with Gasteiger partial charge in [0.05, 0.1) is 19.0 Å². The van der Waals surface area contributed by atoms with Crippen LogP contribution in [0.4, 0.5) is 17.5 Å². The number of pyridine rings is 1. The number of aromatic nitrogens is 5. The van der Waals surface area contributed by atoms with Crippen LogP contribution in [0.5, 0.6) is 17.2 Å². The molecule has 42 heavy (non-hydrogen) atoms. The highest BCUT2D eigenvalue weighted by atomic mass is 35.5. The minimum atomic E-state index is 0.351. The van der Waals surface area contributed by atoms with Crippen molar-refractivity contribution in [3.8, 4) is 17.2 Å². The molecule has 3 heterocycles. The van der Waals surface area contributed by atoms with Crippen molar-refractivity contribution in [1.29, 1.82) is 0 Å². The number of aryl methyl sites for hydroxylation is 1. The molecule has 0 fully saturated rings. The topological polar surface area (TPSA) is 98.5 Å². The summed E-state index contributed by atoms with van der Waals surface area (Å²) < 4.78 is 13.1. The molecule has 0 unspecified atom stereocenters. The first-order valence-electron chi connectivity index (χ1n) is 13.4. The van der Waals surface area contributed by atoms with Crippen molar-refractivity contribution >= 4 is 34.8 Å². The van der Waals surface area contributed by atoms with Gasteiger partial charge in [0.25, 0.3) is 5.78 Å². The lowest BCUT2D eigenvalue weighted by Crippen LogP contribution is -2.12. The van der Waals surface area contributed by atoms with Crippen LogP contribution in [0.2, 0.25) is 5.02 Å². The zero-order valence-electron chi connectivity index (χ0n) is 23.1. The van der Waals surface area contributed by atoms with Gasteiger partial charge in [0.2, 0.25) is 5.95 Å². The largest absolute Gasteiger partial charge is 0.497 e. The van der Waals surface area contributed by atoms with Crippen molar-refractivity contribution in [3.05, 3.63) is 125 Å². The van der Waals surface area contributed by atoms with E-state index in [1.807, 2.05) is 61.5 Å². The summed E-state index contributed by atoms with van der Waals surface area (Å²) in [5, 5.41) is 12.2. The summed E-state index contributed by atoms with van der Waals surface area (Å²) in [4.78, 5) is 13.6. The Morgan fingerprint density at radius 1 is 0.881 bits per heavy atom. The Labute approximate surface area is 248 Å². The number of rotatable bonds is 10. The van der Waals surface area contributed by atoms with Gasteiger partial charge in [-0.05, 0) is 60.5 Å². The van der Waals surface area contributed by atoms with Crippen LogP contribution in [0.1, 0.15) is 22.4 Å². The van der Waals surface area contributed by atoms with Crippen LogP contribution < -0.4 is 20.1 Å². The molecule has 6 aromatic rings. The summed E-state index contributed by atoms with van der Waals surface area (Å²) >= 11 is 6.34. The van der Waals surface area contributed by atoms with E-state index in [0.29, 0.717) is 46.9 Å². The molecule has 0 atom stereocenters. The second-order valence-electron chi connectivity index (χ2n) is 9.59. The minimum absolute atomic E-state index is 0.351. The first-order chi connectivity index (χ1) is 20.6. The van der Waals surface area contributed by atoms with Gasteiger partial charge in [-0.15, -0.1) is 5.10 Å². The van der Waals surface area contributed by atoms with Crippen LogP contribution in [0, 0.1) is 6.92 Å². The van der Waals surface area contributed by atoms with E-state index < -0.39 is 0 Å².